The predicted molar refractivity (Wildman–Crippen MR) is 115 cm³/mol. The number of nitrogens with two attached hydrogens (primary N) is 1. The van der Waals surface area contributed by atoms with Crippen LogP contribution in [0.5, 0.6) is 0 Å². The van der Waals surface area contributed by atoms with Crippen molar-refractivity contribution in [2.45, 2.75) is 34.1 Å². The van der Waals surface area contributed by atoms with E-state index < -0.39 is 0 Å². The molecule has 0 saturated heterocycles. The average molecular weight is 378 g/mol. The van der Waals surface area contributed by atoms with Crippen molar-refractivity contribution in [3.8, 4) is 0 Å². The Hall–Kier alpha value is -1.46. The van der Waals surface area contributed by atoms with E-state index in [0.717, 1.165) is 31.8 Å². The lowest BCUT2D eigenvalue weighted by Crippen LogP contribution is -2.38. The molecule has 1 aliphatic rings. The average Bonchev–Trinajstić information content (AvgIpc) is 2.87. The lowest BCUT2D eigenvalue weighted by atomic mass is 10.1. The van der Waals surface area contributed by atoms with Crippen LogP contribution in [0.3, 0.4) is 0 Å². The number of nitrogens with zero attached hydrogens (tertiary/aromatic N) is 2. The molecule has 0 aromatic carbocycles. The van der Waals surface area contributed by atoms with Crippen molar-refractivity contribution in [2.75, 3.05) is 39.0 Å². The van der Waals surface area contributed by atoms with Crippen molar-refractivity contribution in [3.63, 3.8) is 0 Å². The number of likely N-dealkylation sites (N-methyl/N-ethyl adjacent to an activating group) is 2. The number of hydrogen-bond acceptors (Lipinski definition) is 4. The van der Waals surface area contributed by atoms with E-state index >= 15 is 0 Å². The van der Waals surface area contributed by atoms with Crippen LogP contribution in [0.1, 0.15) is 34.1 Å². The van der Waals surface area contributed by atoms with E-state index in [-0.39, 0.29) is 5.91 Å². The summed E-state index contributed by atoms with van der Waals surface area (Å²) in [5.41, 5.74) is 7.99. The Labute approximate surface area is 163 Å². The normalized spacial score (nSPS) is 17.8. The van der Waals surface area contributed by atoms with Gasteiger partial charge >= 0.3 is 0 Å². The minimum Gasteiger partial charge on any atom is -0.401 e. The van der Waals surface area contributed by atoms with E-state index in [1.165, 1.54) is 5.57 Å². The number of thioether (sulfide) groups is 1. The van der Waals surface area contributed by atoms with E-state index in [9.17, 15) is 4.79 Å². The molecule has 2 N–H and O–H groups in total. The largest absolute Gasteiger partial charge is 0.401 e. The quantitative estimate of drug-likeness (QED) is 0.589. The fourth-order valence-corrected chi connectivity index (χ4v) is 3.62. The molecule has 26 heavy (non-hydrogen) atoms. The van der Waals surface area contributed by atoms with Gasteiger partial charge in [0.2, 0.25) is 0 Å². The van der Waals surface area contributed by atoms with Gasteiger partial charge in [-0.1, -0.05) is 44.2 Å². The molecule has 1 aliphatic carbocycles. The molecule has 0 heterocycles. The molecule has 1 rings (SSSR count). The highest BCUT2D eigenvalue weighted by Crippen LogP contribution is 2.25. The van der Waals surface area contributed by atoms with Crippen molar-refractivity contribution in [3.05, 3.63) is 46.6 Å². The van der Waals surface area contributed by atoms with Gasteiger partial charge in [-0.05, 0) is 39.4 Å². The Morgan fingerprint density at radius 1 is 1.19 bits per heavy atom. The first kappa shape index (κ1) is 22.6. The van der Waals surface area contributed by atoms with Crippen molar-refractivity contribution >= 4 is 17.7 Å². The van der Waals surface area contributed by atoms with Gasteiger partial charge in [-0.15, -0.1) is 11.8 Å². The maximum atomic E-state index is 13.0. The zero-order valence-electron chi connectivity index (χ0n) is 17.0. The zero-order valence-corrected chi connectivity index (χ0v) is 17.8. The van der Waals surface area contributed by atoms with E-state index in [1.807, 2.05) is 18.7 Å². The summed E-state index contributed by atoms with van der Waals surface area (Å²) in [6.07, 6.45) is 11.9. The smallest absolute Gasteiger partial charge is 0.262 e. The van der Waals surface area contributed by atoms with Gasteiger partial charge in [0.1, 0.15) is 0 Å². The van der Waals surface area contributed by atoms with E-state index in [0.29, 0.717) is 23.1 Å². The number of carbonyl (C=O) groups excluding carboxylic acids is 1. The van der Waals surface area contributed by atoms with Crippen molar-refractivity contribution in [1.29, 1.82) is 0 Å². The molecular formula is C21H35N3OS. The van der Waals surface area contributed by atoms with Gasteiger partial charge in [-0.2, -0.15) is 0 Å². The molecule has 0 fully saturated rings. The Kier molecular flexibility index (Phi) is 10.4. The molecule has 1 atom stereocenters. The molecule has 0 aromatic heterocycles. The third kappa shape index (κ3) is 7.42. The molecular weight excluding hydrogens is 342 g/mol. The first-order valence-corrected chi connectivity index (χ1v) is 10.5. The fourth-order valence-electron chi connectivity index (χ4n) is 2.56. The second kappa shape index (κ2) is 12.0. The van der Waals surface area contributed by atoms with Gasteiger partial charge in [0.15, 0.2) is 0 Å². The molecule has 0 aliphatic heterocycles. The van der Waals surface area contributed by atoms with Crippen LogP contribution in [-0.4, -0.2) is 54.7 Å². The van der Waals surface area contributed by atoms with Gasteiger partial charge in [-0.25, -0.2) is 0 Å². The standard InChI is InChI=1S/C21H35N3OS/c1-6-18-10-9-11-19(13-12-18)16-26-20(17(4)22)21(25)24(8-3)15-14-23(5)7-2/h9-13,19H,6-8,14-16,22H2,1-5H3/b20-17-. The summed E-state index contributed by atoms with van der Waals surface area (Å²) in [5, 5.41) is 0. The summed E-state index contributed by atoms with van der Waals surface area (Å²) in [6, 6.07) is 0. The van der Waals surface area contributed by atoms with Crippen molar-refractivity contribution in [1.82, 2.24) is 9.80 Å². The molecule has 146 valence electrons. The van der Waals surface area contributed by atoms with Crippen LogP contribution in [0.4, 0.5) is 0 Å². The van der Waals surface area contributed by atoms with Crippen LogP contribution in [0.2, 0.25) is 0 Å². The van der Waals surface area contributed by atoms with Gasteiger partial charge in [0.25, 0.3) is 5.91 Å². The Morgan fingerprint density at radius 3 is 2.50 bits per heavy atom. The number of hydrogen-bond donors (Lipinski definition) is 1. The summed E-state index contributed by atoms with van der Waals surface area (Å²) < 4.78 is 0. The van der Waals surface area contributed by atoms with Gasteiger partial charge < -0.3 is 15.5 Å². The Balaban J connectivity index is 2.71. The molecule has 0 spiro atoms. The topological polar surface area (TPSA) is 49.6 Å². The molecule has 0 saturated carbocycles. The summed E-state index contributed by atoms with van der Waals surface area (Å²) >= 11 is 1.57. The first-order valence-electron chi connectivity index (χ1n) is 9.55. The number of allylic oxidation sites excluding steroid dienone is 7. The maximum Gasteiger partial charge on any atom is 0.262 e. The van der Waals surface area contributed by atoms with E-state index in [1.54, 1.807) is 11.8 Å². The van der Waals surface area contributed by atoms with Crippen molar-refractivity contribution in [2.24, 2.45) is 11.7 Å². The van der Waals surface area contributed by atoms with Crippen LogP contribution < -0.4 is 5.73 Å². The monoisotopic (exact) mass is 377 g/mol. The van der Waals surface area contributed by atoms with Crippen LogP contribution in [0.15, 0.2) is 46.6 Å². The highest BCUT2D eigenvalue weighted by atomic mass is 32.2. The van der Waals surface area contributed by atoms with Gasteiger partial charge in [0, 0.05) is 37.0 Å². The Bertz CT molecular complexity index is 574. The van der Waals surface area contributed by atoms with Gasteiger partial charge in [0.05, 0.1) is 4.91 Å². The molecule has 1 amide bonds. The predicted octanol–water partition coefficient (Wildman–Crippen LogP) is 3.79. The highest BCUT2D eigenvalue weighted by molar-refractivity contribution is 8.04. The summed E-state index contributed by atoms with van der Waals surface area (Å²) in [4.78, 5) is 17.7. The molecule has 4 nitrogen and oxygen atoms in total. The highest BCUT2D eigenvalue weighted by Gasteiger charge is 2.20. The van der Waals surface area contributed by atoms with E-state index in [4.69, 9.17) is 5.73 Å². The fraction of sp³-hybridized carbons (Fsp3) is 0.571. The lowest BCUT2D eigenvalue weighted by Gasteiger charge is -2.25. The van der Waals surface area contributed by atoms with Crippen LogP contribution in [0, 0.1) is 5.92 Å². The van der Waals surface area contributed by atoms with Gasteiger partial charge in [-0.3, -0.25) is 4.79 Å². The lowest BCUT2D eigenvalue weighted by molar-refractivity contribution is -0.126. The molecule has 1 unspecified atom stereocenters. The Morgan fingerprint density at radius 2 is 1.92 bits per heavy atom. The first-order chi connectivity index (χ1) is 12.4. The number of amides is 1. The second-order valence-corrected chi connectivity index (χ2v) is 7.64. The molecule has 0 bridgehead atoms. The minimum absolute atomic E-state index is 0.0518. The minimum atomic E-state index is 0.0518. The third-order valence-electron chi connectivity index (χ3n) is 4.57. The summed E-state index contributed by atoms with van der Waals surface area (Å²) in [6.45, 7) is 11.4. The third-order valence-corrected chi connectivity index (χ3v) is 5.90. The summed E-state index contributed by atoms with van der Waals surface area (Å²) in [5.74, 6) is 1.18. The van der Waals surface area contributed by atoms with E-state index in [2.05, 4.69) is 56.2 Å². The number of rotatable bonds is 10. The SMILES string of the molecule is CCC1=CC=CC(CS/C(C(=O)N(CC)CCN(C)CC)=C(/C)N)C=C1. The second-order valence-electron chi connectivity index (χ2n) is 6.61. The maximum absolute atomic E-state index is 13.0. The number of carbonyl (C=O) groups is 1. The molecule has 5 heteroatoms. The van der Waals surface area contributed by atoms with Crippen LogP contribution in [-0.2, 0) is 4.79 Å². The van der Waals surface area contributed by atoms with Crippen LogP contribution >= 0.6 is 11.8 Å². The molecule has 0 aromatic rings. The summed E-state index contributed by atoms with van der Waals surface area (Å²) in [7, 11) is 2.07. The molecule has 0 radical (unpaired) electrons. The van der Waals surface area contributed by atoms with Crippen molar-refractivity contribution < 1.29 is 4.79 Å². The zero-order chi connectivity index (χ0) is 19.5. The van der Waals surface area contributed by atoms with Crippen LogP contribution in [0.25, 0.3) is 0 Å².